The van der Waals surface area contributed by atoms with Crippen LogP contribution in [0.4, 0.5) is 5.69 Å². The van der Waals surface area contributed by atoms with E-state index in [0.29, 0.717) is 18.0 Å². The molecule has 0 spiro atoms. The van der Waals surface area contributed by atoms with E-state index in [4.69, 9.17) is 17.3 Å². The van der Waals surface area contributed by atoms with Crippen LogP contribution in [-0.4, -0.2) is 35.8 Å². The van der Waals surface area contributed by atoms with Gasteiger partial charge in [-0.3, -0.25) is 9.59 Å². The van der Waals surface area contributed by atoms with Crippen molar-refractivity contribution in [3.8, 4) is 0 Å². The minimum Gasteiger partial charge on any atom is -0.376 e. The van der Waals surface area contributed by atoms with Crippen molar-refractivity contribution in [1.29, 1.82) is 0 Å². The van der Waals surface area contributed by atoms with Gasteiger partial charge in [0.05, 0.1) is 6.54 Å². The first-order chi connectivity index (χ1) is 9.08. The van der Waals surface area contributed by atoms with Gasteiger partial charge in [0.2, 0.25) is 11.8 Å². The summed E-state index contributed by atoms with van der Waals surface area (Å²) in [6.07, 6.45) is 1.47. The molecule has 1 aliphatic heterocycles. The third-order valence-electron chi connectivity index (χ3n) is 3.17. The fourth-order valence-electron chi connectivity index (χ4n) is 2.24. The number of primary amides is 1. The number of nitrogens with one attached hydrogen (secondary N) is 1. The fraction of sp³-hybridized carbons (Fsp3) is 0.385. The number of amides is 2. The Morgan fingerprint density at radius 1 is 1.47 bits per heavy atom. The van der Waals surface area contributed by atoms with Crippen LogP contribution in [0.15, 0.2) is 24.3 Å². The Balaban J connectivity index is 1.92. The molecule has 2 amide bonds. The predicted octanol–water partition coefficient (Wildman–Crippen LogP) is 1.23. The van der Waals surface area contributed by atoms with Crippen molar-refractivity contribution in [3.63, 3.8) is 0 Å². The van der Waals surface area contributed by atoms with Crippen LogP contribution in [0, 0.1) is 0 Å². The summed E-state index contributed by atoms with van der Waals surface area (Å²) in [4.78, 5) is 24.8. The summed E-state index contributed by atoms with van der Waals surface area (Å²) in [6.45, 7) is 0.716. The van der Waals surface area contributed by atoms with Gasteiger partial charge >= 0.3 is 0 Å². The summed E-state index contributed by atoms with van der Waals surface area (Å²) in [5.74, 6) is -0.560. The molecule has 1 atom stereocenters. The molecule has 5 nitrogen and oxygen atoms in total. The molecule has 2 rings (SSSR count). The Kier molecular flexibility index (Phi) is 4.27. The molecule has 1 aromatic carbocycles. The van der Waals surface area contributed by atoms with Crippen LogP contribution in [0.1, 0.15) is 12.8 Å². The average Bonchev–Trinajstić information content (AvgIpc) is 2.85. The van der Waals surface area contributed by atoms with Crippen LogP contribution < -0.4 is 11.1 Å². The zero-order valence-electron chi connectivity index (χ0n) is 10.4. The number of nitrogens with zero attached hydrogens (tertiary/aromatic N) is 1. The number of rotatable bonds is 4. The van der Waals surface area contributed by atoms with Gasteiger partial charge in [0, 0.05) is 17.3 Å². The molecule has 0 saturated carbocycles. The molecule has 1 unspecified atom stereocenters. The van der Waals surface area contributed by atoms with E-state index in [-0.39, 0.29) is 12.5 Å². The first-order valence-electron chi connectivity index (χ1n) is 6.16. The lowest BCUT2D eigenvalue weighted by Gasteiger charge is -2.22. The van der Waals surface area contributed by atoms with E-state index in [2.05, 4.69) is 5.32 Å². The molecule has 0 bridgehead atoms. The van der Waals surface area contributed by atoms with Crippen molar-refractivity contribution in [2.45, 2.75) is 18.9 Å². The number of hydrogen-bond acceptors (Lipinski definition) is 3. The van der Waals surface area contributed by atoms with E-state index < -0.39 is 11.9 Å². The molecule has 1 heterocycles. The number of carbonyl (C=O) groups excluding carboxylic acids is 2. The Hall–Kier alpha value is -1.75. The summed E-state index contributed by atoms with van der Waals surface area (Å²) in [5.41, 5.74) is 6.06. The predicted molar refractivity (Wildman–Crippen MR) is 73.9 cm³/mol. The van der Waals surface area contributed by atoms with E-state index >= 15 is 0 Å². The maximum Gasteiger partial charge on any atom is 0.242 e. The number of carbonyl (C=O) groups is 2. The number of likely N-dealkylation sites (tertiary alicyclic amines) is 1. The van der Waals surface area contributed by atoms with E-state index in [1.807, 2.05) is 6.07 Å². The van der Waals surface area contributed by atoms with Gasteiger partial charge < -0.3 is 16.0 Å². The standard InChI is InChI=1S/C13H16ClN3O2/c14-9-3-1-4-10(7-9)16-8-12(18)17-6-2-5-11(17)13(15)19/h1,3-4,7,11,16H,2,5-6,8H2,(H2,15,19). The zero-order chi connectivity index (χ0) is 13.8. The van der Waals surface area contributed by atoms with Crippen molar-refractivity contribution >= 4 is 29.1 Å². The molecular weight excluding hydrogens is 266 g/mol. The Morgan fingerprint density at radius 3 is 2.95 bits per heavy atom. The van der Waals surface area contributed by atoms with Crippen LogP contribution in [-0.2, 0) is 9.59 Å². The van der Waals surface area contributed by atoms with Gasteiger partial charge in [-0.1, -0.05) is 17.7 Å². The number of benzene rings is 1. The lowest BCUT2D eigenvalue weighted by Crippen LogP contribution is -2.45. The maximum absolute atomic E-state index is 12.0. The molecule has 0 aromatic heterocycles. The van der Waals surface area contributed by atoms with E-state index in [0.717, 1.165) is 12.1 Å². The molecule has 1 aromatic rings. The highest BCUT2D eigenvalue weighted by atomic mass is 35.5. The monoisotopic (exact) mass is 281 g/mol. The molecular formula is C13H16ClN3O2. The zero-order valence-corrected chi connectivity index (χ0v) is 11.2. The second-order valence-electron chi connectivity index (χ2n) is 4.51. The van der Waals surface area contributed by atoms with Crippen molar-refractivity contribution in [2.75, 3.05) is 18.4 Å². The van der Waals surface area contributed by atoms with Crippen molar-refractivity contribution in [1.82, 2.24) is 4.90 Å². The molecule has 102 valence electrons. The first-order valence-corrected chi connectivity index (χ1v) is 6.54. The molecule has 3 N–H and O–H groups in total. The third-order valence-corrected chi connectivity index (χ3v) is 3.41. The number of hydrogen-bond donors (Lipinski definition) is 2. The summed E-state index contributed by atoms with van der Waals surface area (Å²) in [5, 5.41) is 3.60. The summed E-state index contributed by atoms with van der Waals surface area (Å²) >= 11 is 5.86. The minimum absolute atomic E-state index is 0.124. The smallest absolute Gasteiger partial charge is 0.242 e. The topological polar surface area (TPSA) is 75.4 Å². The van der Waals surface area contributed by atoms with Crippen LogP contribution >= 0.6 is 11.6 Å². The Bertz CT molecular complexity index is 493. The number of nitrogens with two attached hydrogens (primary N) is 1. The van der Waals surface area contributed by atoms with Gasteiger partial charge in [0.1, 0.15) is 6.04 Å². The average molecular weight is 282 g/mol. The van der Waals surface area contributed by atoms with Crippen LogP contribution in [0.3, 0.4) is 0 Å². The highest BCUT2D eigenvalue weighted by molar-refractivity contribution is 6.30. The molecule has 0 aliphatic carbocycles. The minimum atomic E-state index is -0.464. The van der Waals surface area contributed by atoms with Gasteiger partial charge in [-0.05, 0) is 31.0 Å². The summed E-state index contributed by atoms with van der Waals surface area (Å²) in [6, 6.07) is 6.67. The van der Waals surface area contributed by atoms with Gasteiger partial charge in [-0.2, -0.15) is 0 Å². The summed E-state index contributed by atoms with van der Waals surface area (Å²) in [7, 11) is 0. The van der Waals surface area contributed by atoms with E-state index in [9.17, 15) is 9.59 Å². The quantitative estimate of drug-likeness (QED) is 0.871. The molecule has 1 fully saturated rings. The van der Waals surface area contributed by atoms with Crippen molar-refractivity contribution in [2.24, 2.45) is 5.73 Å². The van der Waals surface area contributed by atoms with Crippen LogP contribution in [0.5, 0.6) is 0 Å². The van der Waals surface area contributed by atoms with Gasteiger partial charge in [0.25, 0.3) is 0 Å². The number of halogens is 1. The maximum atomic E-state index is 12.0. The van der Waals surface area contributed by atoms with Crippen molar-refractivity contribution < 1.29 is 9.59 Å². The molecule has 0 radical (unpaired) electrons. The largest absolute Gasteiger partial charge is 0.376 e. The molecule has 19 heavy (non-hydrogen) atoms. The number of anilines is 1. The first kappa shape index (κ1) is 13.7. The fourth-order valence-corrected chi connectivity index (χ4v) is 2.43. The SMILES string of the molecule is NC(=O)C1CCCN1C(=O)CNc1cccc(Cl)c1. The van der Waals surface area contributed by atoms with Gasteiger partial charge in [-0.25, -0.2) is 0 Å². The Morgan fingerprint density at radius 2 is 2.26 bits per heavy atom. The summed E-state index contributed by atoms with van der Waals surface area (Å²) < 4.78 is 0. The molecule has 1 aliphatic rings. The van der Waals surface area contributed by atoms with Crippen LogP contribution in [0.2, 0.25) is 5.02 Å². The van der Waals surface area contributed by atoms with Crippen LogP contribution in [0.25, 0.3) is 0 Å². The second kappa shape index (κ2) is 5.93. The second-order valence-corrected chi connectivity index (χ2v) is 4.95. The highest BCUT2D eigenvalue weighted by Crippen LogP contribution is 2.18. The van der Waals surface area contributed by atoms with Gasteiger partial charge in [0.15, 0.2) is 0 Å². The molecule has 6 heteroatoms. The van der Waals surface area contributed by atoms with Crippen molar-refractivity contribution in [3.05, 3.63) is 29.3 Å². The molecule has 1 saturated heterocycles. The lowest BCUT2D eigenvalue weighted by molar-refractivity contribution is -0.135. The van der Waals surface area contributed by atoms with E-state index in [1.165, 1.54) is 0 Å². The third kappa shape index (κ3) is 3.38. The lowest BCUT2D eigenvalue weighted by atomic mass is 10.2. The van der Waals surface area contributed by atoms with Gasteiger partial charge in [-0.15, -0.1) is 0 Å². The Labute approximate surface area is 116 Å². The highest BCUT2D eigenvalue weighted by Gasteiger charge is 2.32. The normalized spacial score (nSPS) is 18.4. The van der Waals surface area contributed by atoms with E-state index in [1.54, 1.807) is 23.1 Å².